The second-order valence-corrected chi connectivity index (χ2v) is 4.35. The maximum atomic E-state index is 10.7. The molecular weight excluding hydrogens is 214 g/mol. The van der Waals surface area contributed by atoms with Crippen LogP contribution in [0, 0.1) is 0 Å². The SMILES string of the molecule is CN(C(=O)O)[C@H]1CC[C@H](NC(N)=S)CC1. The zero-order valence-corrected chi connectivity index (χ0v) is 9.59. The number of nitrogens with two attached hydrogens (primary N) is 1. The zero-order chi connectivity index (χ0) is 11.4. The Hall–Kier alpha value is -1.04. The van der Waals surface area contributed by atoms with Gasteiger partial charge in [0.25, 0.3) is 0 Å². The molecule has 0 heterocycles. The molecule has 0 unspecified atom stereocenters. The highest BCUT2D eigenvalue weighted by Gasteiger charge is 2.26. The van der Waals surface area contributed by atoms with E-state index in [1.165, 1.54) is 4.90 Å². The molecule has 0 aromatic heterocycles. The van der Waals surface area contributed by atoms with Crippen molar-refractivity contribution in [1.82, 2.24) is 10.2 Å². The van der Waals surface area contributed by atoms with E-state index in [9.17, 15) is 4.79 Å². The van der Waals surface area contributed by atoms with E-state index in [1.807, 2.05) is 0 Å². The summed E-state index contributed by atoms with van der Waals surface area (Å²) in [5.41, 5.74) is 5.38. The van der Waals surface area contributed by atoms with Gasteiger partial charge in [-0.2, -0.15) is 0 Å². The van der Waals surface area contributed by atoms with Crippen molar-refractivity contribution in [2.75, 3.05) is 7.05 Å². The molecule has 6 heteroatoms. The van der Waals surface area contributed by atoms with Gasteiger partial charge in [0.05, 0.1) is 0 Å². The third kappa shape index (κ3) is 3.54. The molecule has 5 nitrogen and oxygen atoms in total. The Kier molecular flexibility index (Phi) is 4.14. The molecule has 0 saturated heterocycles. The summed E-state index contributed by atoms with van der Waals surface area (Å²) in [5.74, 6) is 0. The van der Waals surface area contributed by atoms with E-state index in [1.54, 1.807) is 7.05 Å². The summed E-state index contributed by atoms with van der Waals surface area (Å²) < 4.78 is 0. The minimum Gasteiger partial charge on any atom is -0.465 e. The van der Waals surface area contributed by atoms with Crippen molar-refractivity contribution in [1.29, 1.82) is 0 Å². The smallest absolute Gasteiger partial charge is 0.407 e. The number of amides is 1. The predicted molar refractivity (Wildman–Crippen MR) is 61.8 cm³/mol. The van der Waals surface area contributed by atoms with Gasteiger partial charge in [-0.1, -0.05) is 0 Å². The molecule has 0 bridgehead atoms. The van der Waals surface area contributed by atoms with Crippen LogP contribution in [0.4, 0.5) is 4.79 Å². The van der Waals surface area contributed by atoms with Crippen LogP contribution in [0.5, 0.6) is 0 Å². The molecule has 0 radical (unpaired) electrons. The number of rotatable bonds is 2. The molecule has 1 aliphatic carbocycles. The maximum absolute atomic E-state index is 10.7. The van der Waals surface area contributed by atoms with Crippen molar-refractivity contribution < 1.29 is 9.90 Å². The average molecular weight is 231 g/mol. The molecule has 1 saturated carbocycles. The highest BCUT2D eigenvalue weighted by atomic mass is 32.1. The molecule has 0 aromatic rings. The van der Waals surface area contributed by atoms with Crippen LogP contribution in [0.1, 0.15) is 25.7 Å². The lowest BCUT2D eigenvalue weighted by atomic mass is 9.90. The van der Waals surface area contributed by atoms with Gasteiger partial charge in [0.1, 0.15) is 0 Å². The summed E-state index contributed by atoms with van der Waals surface area (Å²) in [6, 6.07) is 0.438. The fraction of sp³-hybridized carbons (Fsp3) is 0.778. The Morgan fingerprint density at radius 3 is 2.40 bits per heavy atom. The summed E-state index contributed by atoms with van der Waals surface area (Å²) in [5, 5.41) is 12.2. The van der Waals surface area contributed by atoms with Crippen molar-refractivity contribution >= 4 is 23.4 Å². The van der Waals surface area contributed by atoms with Gasteiger partial charge in [0.15, 0.2) is 5.11 Å². The highest BCUT2D eigenvalue weighted by molar-refractivity contribution is 7.80. The largest absolute Gasteiger partial charge is 0.465 e. The van der Waals surface area contributed by atoms with Crippen LogP contribution in [0.25, 0.3) is 0 Å². The normalized spacial score (nSPS) is 25.7. The van der Waals surface area contributed by atoms with E-state index in [-0.39, 0.29) is 6.04 Å². The van der Waals surface area contributed by atoms with Gasteiger partial charge in [0, 0.05) is 19.1 Å². The molecule has 4 N–H and O–H groups in total. The predicted octanol–water partition coefficient (Wildman–Crippen LogP) is 0.741. The average Bonchev–Trinajstić information content (AvgIpc) is 2.17. The Labute approximate surface area is 94.6 Å². The topological polar surface area (TPSA) is 78.6 Å². The molecular formula is C9H17N3O2S. The van der Waals surface area contributed by atoms with Gasteiger partial charge in [-0.25, -0.2) is 4.79 Å². The number of nitrogens with zero attached hydrogens (tertiary/aromatic N) is 1. The highest BCUT2D eigenvalue weighted by Crippen LogP contribution is 2.22. The number of carboxylic acid groups (broad SMARTS) is 1. The van der Waals surface area contributed by atoms with Crippen LogP contribution < -0.4 is 11.1 Å². The summed E-state index contributed by atoms with van der Waals surface area (Å²) in [6.45, 7) is 0. The van der Waals surface area contributed by atoms with E-state index in [0.29, 0.717) is 11.2 Å². The van der Waals surface area contributed by atoms with E-state index >= 15 is 0 Å². The van der Waals surface area contributed by atoms with Crippen molar-refractivity contribution in [3.05, 3.63) is 0 Å². The van der Waals surface area contributed by atoms with Crippen molar-refractivity contribution in [2.24, 2.45) is 5.73 Å². The summed E-state index contributed by atoms with van der Waals surface area (Å²) in [7, 11) is 1.62. The fourth-order valence-corrected chi connectivity index (χ4v) is 2.13. The van der Waals surface area contributed by atoms with Crippen LogP contribution in [0.2, 0.25) is 0 Å². The number of hydrogen-bond acceptors (Lipinski definition) is 2. The van der Waals surface area contributed by atoms with E-state index < -0.39 is 6.09 Å². The first-order valence-electron chi connectivity index (χ1n) is 5.02. The number of carbonyl (C=O) groups is 1. The molecule has 0 aromatic carbocycles. The van der Waals surface area contributed by atoms with E-state index in [2.05, 4.69) is 5.32 Å². The second-order valence-electron chi connectivity index (χ2n) is 3.91. The first-order valence-corrected chi connectivity index (χ1v) is 5.43. The molecule has 86 valence electrons. The fourth-order valence-electron chi connectivity index (χ4n) is 1.96. The van der Waals surface area contributed by atoms with Gasteiger partial charge >= 0.3 is 6.09 Å². The zero-order valence-electron chi connectivity index (χ0n) is 8.77. The maximum Gasteiger partial charge on any atom is 0.407 e. The first-order chi connectivity index (χ1) is 7.00. The number of thiocarbonyl (C=S) groups is 1. The molecule has 15 heavy (non-hydrogen) atoms. The Bertz CT molecular complexity index is 252. The molecule has 1 rings (SSSR count). The summed E-state index contributed by atoms with van der Waals surface area (Å²) in [6.07, 6.45) is 2.70. The number of hydrogen-bond donors (Lipinski definition) is 3. The lowest BCUT2D eigenvalue weighted by Gasteiger charge is -2.33. The van der Waals surface area contributed by atoms with Crippen LogP contribution in [0.3, 0.4) is 0 Å². The monoisotopic (exact) mass is 231 g/mol. The Morgan fingerprint density at radius 1 is 1.47 bits per heavy atom. The van der Waals surface area contributed by atoms with Gasteiger partial charge in [-0.15, -0.1) is 0 Å². The lowest BCUT2D eigenvalue weighted by molar-refractivity contribution is 0.123. The van der Waals surface area contributed by atoms with E-state index in [0.717, 1.165) is 25.7 Å². The van der Waals surface area contributed by atoms with Crippen LogP contribution in [-0.4, -0.2) is 40.3 Å². The van der Waals surface area contributed by atoms with Gasteiger partial charge in [0.2, 0.25) is 0 Å². The third-order valence-electron chi connectivity index (χ3n) is 2.89. The summed E-state index contributed by atoms with van der Waals surface area (Å²) >= 11 is 4.76. The van der Waals surface area contributed by atoms with Crippen molar-refractivity contribution in [3.8, 4) is 0 Å². The van der Waals surface area contributed by atoms with Crippen LogP contribution >= 0.6 is 12.2 Å². The number of nitrogens with one attached hydrogen (secondary N) is 1. The van der Waals surface area contributed by atoms with Crippen molar-refractivity contribution in [2.45, 2.75) is 37.8 Å². The van der Waals surface area contributed by atoms with Crippen molar-refractivity contribution in [3.63, 3.8) is 0 Å². The third-order valence-corrected chi connectivity index (χ3v) is 3.01. The molecule has 0 spiro atoms. The molecule has 0 atom stereocenters. The van der Waals surface area contributed by atoms with Gasteiger partial charge < -0.3 is 21.1 Å². The van der Waals surface area contributed by atoms with E-state index in [4.69, 9.17) is 23.1 Å². The minimum atomic E-state index is -0.860. The molecule has 1 aliphatic rings. The Balaban J connectivity index is 2.35. The lowest BCUT2D eigenvalue weighted by Crippen LogP contribution is -2.45. The first kappa shape index (κ1) is 12.0. The standard InChI is InChI=1S/C9H17N3O2S/c1-12(9(13)14)7-4-2-6(3-5-7)11-8(10)15/h6-7H,2-5H2,1H3,(H,13,14)(H3,10,11,15)/t6-,7-. The molecule has 1 amide bonds. The summed E-state index contributed by atoms with van der Waals surface area (Å²) in [4.78, 5) is 12.1. The van der Waals surface area contributed by atoms with Crippen LogP contribution in [0.15, 0.2) is 0 Å². The Morgan fingerprint density at radius 2 is 2.00 bits per heavy atom. The quantitative estimate of drug-likeness (QED) is 0.611. The van der Waals surface area contributed by atoms with Crippen LogP contribution in [-0.2, 0) is 0 Å². The van der Waals surface area contributed by atoms with Gasteiger partial charge in [-0.05, 0) is 37.9 Å². The molecule has 0 aliphatic heterocycles. The minimum absolute atomic E-state index is 0.131. The van der Waals surface area contributed by atoms with Gasteiger partial charge in [-0.3, -0.25) is 0 Å². The molecule has 1 fully saturated rings. The second kappa shape index (κ2) is 5.16.